The van der Waals surface area contributed by atoms with E-state index in [1.54, 1.807) is 0 Å². The van der Waals surface area contributed by atoms with Crippen LogP contribution in [0.2, 0.25) is 0 Å². The predicted octanol–water partition coefficient (Wildman–Crippen LogP) is 7.21. The first-order chi connectivity index (χ1) is 15.8. The number of rotatable bonds is 23. The minimum absolute atomic E-state index is 0.0441. The second kappa shape index (κ2) is 21.4. The van der Waals surface area contributed by atoms with E-state index < -0.39 is 0 Å². The van der Waals surface area contributed by atoms with Crippen molar-refractivity contribution in [3.63, 3.8) is 0 Å². The SMILES string of the molecule is CCCCCCCCCCCCCCCCC(C[N+](C)(C)CCCC(=O)OCC)OC(C)=O. The van der Waals surface area contributed by atoms with E-state index in [2.05, 4.69) is 21.0 Å². The zero-order valence-corrected chi connectivity index (χ0v) is 22.8. The highest BCUT2D eigenvalue weighted by molar-refractivity contribution is 5.69. The van der Waals surface area contributed by atoms with Crippen LogP contribution in [-0.2, 0) is 19.1 Å². The zero-order chi connectivity index (χ0) is 24.8. The van der Waals surface area contributed by atoms with Crippen LogP contribution in [0.15, 0.2) is 0 Å². The molecule has 0 radical (unpaired) electrons. The van der Waals surface area contributed by atoms with Crippen molar-refractivity contribution >= 4 is 11.9 Å². The predicted molar refractivity (Wildman–Crippen MR) is 138 cm³/mol. The van der Waals surface area contributed by atoms with Crippen molar-refractivity contribution in [2.75, 3.05) is 33.8 Å². The number of carbonyl (C=O) groups is 2. The van der Waals surface area contributed by atoms with Gasteiger partial charge in [-0.2, -0.15) is 0 Å². The third-order valence-corrected chi connectivity index (χ3v) is 6.36. The molecule has 0 aromatic rings. The first-order valence-electron chi connectivity index (χ1n) is 14.0. The molecule has 196 valence electrons. The Morgan fingerprint density at radius 2 is 1.21 bits per heavy atom. The lowest BCUT2D eigenvalue weighted by atomic mass is 10.0. The lowest BCUT2D eigenvalue weighted by Crippen LogP contribution is -2.47. The summed E-state index contributed by atoms with van der Waals surface area (Å²) in [6, 6.07) is 0. The van der Waals surface area contributed by atoms with Crippen molar-refractivity contribution < 1.29 is 23.5 Å². The number of carbonyl (C=O) groups excluding carboxylic acids is 2. The van der Waals surface area contributed by atoms with Crippen molar-refractivity contribution in [2.45, 2.75) is 136 Å². The average molecular weight is 471 g/mol. The van der Waals surface area contributed by atoms with Crippen molar-refractivity contribution in [3.8, 4) is 0 Å². The van der Waals surface area contributed by atoms with Gasteiger partial charge in [-0.25, -0.2) is 0 Å². The van der Waals surface area contributed by atoms with Crippen LogP contribution < -0.4 is 0 Å². The van der Waals surface area contributed by atoms with Gasteiger partial charge in [0.15, 0.2) is 6.10 Å². The lowest BCUT2D eigenvalue weighted by Gasteiger charge is -2.33. The third-order valence-electron chi connectivity index (χ3n) is 6.36. The maximum Gasteiger partial charge on any atom is 0.305 e. The molecular formula is C28H56NO4+. The van der Waals surface area contributed by atoms with Crippen LogP contribution in [0.25, 0.3) is 0 Å². The molecule has 0 aliphatic rings. The summed E-state index contributed by atoms with van der Waals surface area (Å²) in [6.07, 6.45) is 21.0. The van der Waals surface area contributed by atoms with E-state index in [9.17, 15) is 9.59 Å². The Hall–Kier alpha value is -1.10. The molecule has 0 saturated heterocycles. The monoisotopic (exact) mass is 470 g/mol. The normalized spacial score (nSPS) is 12.5. The molecule has 0 aromatic carbocycles. The second-order valence-electron chi connectivity index (χ2n) is 10.4. The molecule has 5 heteroatoms. The number of nitrogens with zero attached hydrogens (tertiary/aromatic N) is 1. The summed E-state index contributed by atoms with van der Waals surface area (Å²) in [5.41, 5.74) is 0. The molecule has 0 heterocycles. The van der Waals surface area contributed by atoms with E-state index in [0.717, 1.165) is 36.8 Å². The van der Waals surface area contributed by atoms with Gasteiger partial charge in [-0.1, -0.05) is 90.4 Å². The van der Waals surface area contributed by atoms with Crippen LogP contribution in [0, 0.1) is 0 Å². The first-order valence-corrected chi connectivity index (χ1v) is 14.0. The summed E-state index contributed by atoms with van der Waals surface area (Å²) in [4.78, 5) is 23.1. The summed E-state index contributed by atoms with van der Waals surface area (Å²) in [7, 11) is 4.29. The topological polar surface area (TPSA) is 52.6 Å². The van der Waals surface area contributed by atoms with E-state index >= 15 is 0 Å². The standard InChI is InChI=1S/C28H56NO4/c1-6-8-9-10-11-12-13-14-15-16-17-18-19-20-22-27(33-26(3)30)25-29(4,5)24-21-23-28(31)32-7-2/h27H,6-25H2,1-5H3/q+1. The summed E-state index contributed by atoms with van der Waals surface area (Å²) in [5.74, 6) is -0.326. The summed E-state index contributed by atoms with van der Waals surface area (Å²) in [6.45, 7) is 7.70. The third kappa shape index (κ3) is 22.5. The van der Waals surface area contributed by atoms with E-state index in [1.165, 1.54) is 90.4 Å². The second-order valence-corrected chi connectivity index (χ2v) is 10.4. The first kappa shape index (κ1) is 31.9. The molecule has 0 bridgehead atoms. The molecule has 0 aliphatic carbocycles. The number of unbranched alkanes of at least 4 members (excludes halogenated alkanes) is 13. The maximum absolute atomic E-state index is 11.6. The van der Waals surface area contributed by atoms with Gasteiger partial charge in [-0.15, -0.1) is 0 Å². The minimum Gasteiger partial charge on any atom is -0.466 e. The number of likely N-dealkylation sites (N-methyl/N-ethyl adjacent to an activating group) is 1. The number of hydrogen-bond acceptors (Lipinski definition) is 4. The molecule has 0 N–H and O–H groups in total. The van der Waals surface area contributed by atoms with Gasteiger partial charge in [0.2, 0.25) is 0 Å². The maximum atomic E-state index is 11.6. The van der Waals surface area contributed by atoms with Gasteiger partial charge in [0.1, 0.15) is 6.54 Å². The molecule has 0 saturated carbocycles. The smallest absolute Gasteiger partial charge is 0.305 e. The van der Waals surface area contributed by atoms with Crippen molar-refractivity contribution in [1.82, 2.24) is 0 Å². The molecule has 0 fully saturated rings. The molecule has 0 aromatic heterocycles. The summed E-state index contributed by atoms with van der Waals surface area (Å²) < 4.78 is 11.4. The minimum atomic E-state index is -0.197. The summed E-state index contributed by atoms with van der Waals surface area (Å²) in [5, 5.41) is 0. The molecule has 0 aliphatic heterocycles. The van der Waals surface area contributed by atoms with Gasteiger partial charge < -0.3 is 14.0 Å². The Bertz CT molecular complexity index is 479. The molecule has 5 nitrogen and oxygen atoms in total. The van der Waals surface area contributed by atoms with E-state index in [4.69, 9.17) is 9.47 Å². The number of esters is 2. The highest BCUT2D eigenvalue weighted by Crippen LogP contribution is 2.16. The average Bonchev–Trinajstić information content (AvgIpc) is 2.73. The summed E-state index contributed by atoms with van der Waals surface area (Å²) >= 11 is 0. The largest absolute Gasteiger partial charge is 0.466 e. The Morgan fingerprint density at radius 1 is 0.727 bits per heavy atom. The lowest BCUT2D eigenvalue weighted by molar-refractivity contribution is -0.893. The molecular weight excluding hydrogens is 414 g/mol. The van der Waals surface area contributed by atoms with Crippen molar-refractivity contribution in [3.05, 3.63) is 0 Å². The van der Waals surface area contributed by atoms with Crippen molar-refractivity contribution in [1.29, 1.82) is 0 Å². The van der Waals surface area contributed by atoms with E-state index in [0.29, 0.717) is 13.0 Å². The van der Waals surface area contributed by atoms with Crippen LogP contribution in [0.3, 0.4) is 0 Å². The van der Waals surface area contributed by atoms with E-state index in [1.807, 2.05) is 6.92 Å². The zero-order valence-electron chi connectivity index (χ0n) is 22.8. The molecule has 0 amide bonds. The van der Waals surface area contributed by atoms with Crippen LogP contribution in [0.4, 0.5) is 0 Å². The Labute approximate surface area is 205 Å². The highest BCUT2D eigenvalue weighted by Gasteiger charge is 2.24. The fourth-order valence-corrected chi connectivity index (χ4v) is 4.52. The Kier molecular flexibility index (Phi) is 20.7. The highest BCUT2D eigenvalue weighted by atomic mass is 16.5. The van der Waals surface area contributed by atoms with Gasteiger partial charge in [0.05, 0.1) is 33.7 Å². The van der Waals surface area contributed by atoms with Crippen LogP contribution in [0.5, 0.6) is 0 Å². The molecule has 33 heavy (non-hydrogen) atoms. The molecule has 1 unspecified atom stereocenters. The molecule has 1 atom stereocenters. The van der Waals surface area contributed by atoms with Gasteiger partial charge in [0, 0.05) is 13.3 Å². The fraction of sp³-hybridized carbons (Fsp3) is 0.929. The van der Waals surface area contributed by atoms with Crippen molar-refractivity contribution in [2.24, 2.45) is 0 Å². The molecule has 0 spiro atoms. The van der Waals surface area contributed by atoms with Gasteiger partial charge in [-0.05, 0) is 19.8 Å². The van der Waals surface area contributed by atoms with Crippen LogP contribution >= 0.6 is 0 Å². The fourth-order valence-electron chi connectivity index (χ4n) is 4.52. The number of ether oxygens (including phenoxy) is 2. The van der Waals surface area contributed by atoms with Gasteiger partial charge >= 0.3 is 11.9 Å². The molecule has 0 rings (SSSR count). The van der Waals surface area contributed by atoms with Crippen LogP contribution in [-0.4, -0.2) is 56.3 Å². The number of quaternary nitrogens is 1. The van der Waals surface area contributed by atoms with Gasteiger partial charge in [-0.3, -0.25) is 9.59 Å². The van der Waals surface area contributed by atoms with Gasteiger partial charge in [0.25, 0.3) is 0 Å². The Morgan fingerprint density at radius 3 is 1.67 bits per heavy atom. The Balaban J connectivity index is 3.88. The quantitative estimate of drug-likeness (QED) is 0.0899. The number of hydrogen-bond donors (Lipinski definition) is 0. The van der Waals surface area contributed by atoms with Crippen LogP contribution in [0.1, 0.15) is 130 Å². The van der Waals surface area contributed by atoms with E-state index in [-0.39, 0.29) is 18.0 Å².